The summed E-state index contributed by atoms with van der Waals surface area (Å²) in [6, 6.07) is 9.03. The van der Waals surface area contributed by atoms with E-state index in [4.69, 9.17) is 9.15 Å². The monoisotopic (exact) mass is 277 g/mol. The molecule has 0 saturated heterocycles. The van der Waals surface area contributed by atoms with Crippen molar-refractivity contribution in [1.29, 1.82) is 0 Å². The number of benzene rings is 1. The lowest BCUT2D eigenvalue weighted by molar-refractivity contribution is 0.321. The maximum absolute atomic E-state index is 13.7. The van der Waals surface area contributed by atoms with Crippen molar-refractivity contribution in [3.05, 3.63) is 48.2 Å². The highest BCUT2D eigenvalue weighted by molar-refractivity contribution is 5.47. The molecule has 108 valence electrons. The normalized spacial score (nSPS) is 12.2. The third-order valence-corrected chi connectivity index (χ3v) is 3.05. The van der Waals surface area contributed by atoms with Gasteiger partial charge < -0.3 is 14.5 Å². The average molecular weight is 277 g/mol. The van der Waals surface area contributed by atoms with E-state index < -0.39 is 0 Å². The zero-order valence-electron chi connectivity index (χ0n) is 11.9. The van der Waals surface area contributed by atoms with Crippen molar-refractivity contribution in [3.63, 3.8) is 0 Å². The topological polar surface area (TPSA) is 34.4 Å². The van der Waals surface area contributed by atoms with Crippen LogP contribution in [0.2, 0.25) is 0 Å². The Morgan fingerprint density at radius 3 is 2.85 bits per heavy atom. The van der Waals surface area contributed by atoms with Crippen LogP contribution in [0.3, 0.4) is 0 Å². The SMILES string of the molecule is CCOc1ccc(NC(C)CCc2ccco2)cc1F. The second kappa shape index (κ2) is 6.98. The molecule has 4 heteroatoms. The van der Waals surface area contributed by atoms with Crippen LogP contribution in [0.25, 0.3) is 0 Å². The molecule has 0 aliphatic rings. The molecule has 2 aromatic rings. The van der Waals surface area contributed by atoms with Crippen LogP contribution in [0.1, 0.15) is 26.0 Å². The maximum Gasteiger partial charge on any atom is 0.167 e. The number of hydrogen-bond donors (Lipinski definition) is 1. The first-order chi connectivity index (χ1) is 9.69. The molecule has 0 fully saturated rings. The van der Waals surface area contributed by atoms with E-state index in [1.54, 1.807) is 12.3 Å². The first-order valence-electron chi connectivity index (χ1n) is 6.90. The third kappa shape index (κ3) is 4.02. The summed E-state index contributed by atoms with van der Waals surface area (Å²) in [5.74, 6) is 0.924. The second-order valence-corrected chi connectivity index (χ2v) is 4.74. The largest absolute Gasteiger partial charge is 0.491 e. The predicted octanol–water partition coefficient (Wildman–Crippen LogP) is 4.25. The predicted molar refractivity (Wildman–Crippen MR) is 77.7 cm³/mol. The van der Waals surface area contributed by atoms with Crippen molar-refractivity contribution in [3.8, 4) is 5.75 Å². The summed E-state index contributed by atoms with van der Waals surface area (Å²) in [5, 5.41) is 3.28. The van der Waals surface area contributed by atoms with E-state index in [-0.39, 0.29) is 11.9 Å². The van der Waals surface area contributed by atoms with Crippen LogP contribution in [0.5, 0.6) is 5.75 Å². The molecule has 0 bridgehead atoms. The molecule has 1 heterocycles. The van der Waals surface area contributed by atoms with Gasteiger partial charge >= 0.3 is 0 Å². The molecule has 3 nitrogen and oxygen atoms in total. The van der Waals surface area contributed by atoms with Gasteiger partial charge in [0.25, 0.3) is 0 Å². The maximum atomic E-state index is 13.7. The summed E-state index contributed by atoms with van der Waals surface area (Å²) in [7, 11) is 0. The van der Waals surface area contributed by atoms with Crippen LogP contribution in [-0.2, 0) is 6.42 Å². The molecule has 20 heavy (non-hydrogen) atoms. The Morgan fingerprint density at radius 2 is 2.20 bits per heavy atom. The van der Waals surface area contributed by atoms with E-state index in [1.807, 2.05) is 25.1 Å². The lowest BCUT2D eigenvalue weighted by Crippen LogP contribution is -2.16. The summed E-state index contributed by atoms with van der Waals surface area (Å²) >= 11 is 0. The molecule has 0 spiro atoms. The molecular formula is C16H20FNO2. The fourth-order valence-corrected chi connectivity index (χ4v) is 2.03. The van der Waals surface area contributed by atoms with E-state index in [1.165, 1.54) is 6.07 Å². The standard InChI is InChI=1S/C16H20FNO2/c1-3-19-16-9-7-13(11-15(16)17)18-12(2)6-8-14-5-4-10-20-14/h4-5,7,9-12,18H,3,6,8H2,1-2H3. The number of furan rings is 1. The molecule has 0 amide bonds. The minimum atomic E-state index is -0.338. The van der Waals surface area contributed by atoms with Crippen LogP contribution in [0.4, 0.5) is 10.1 Å². The quantitative estimate of drug-likeness (QED) is 0.821. The molecular weight excluding hydrogens is 257 g/mol. The highest BCUT2D eigenvalue weighted by atomic mass is 19.1. The Hall–Kier alpha value is -1.97. The van der Waals surface area contributed by atoms with Gasteiger partial charge in [0.05, 0.1) is 12.9 Å². The van der Waals surface area contributed by atoms with Crippen LogP contribution in [0.15, 0.2) is 41.0 Å². The summed E-state index contributed by atoms with van der Waals surface area (Å²) in [5.41, 5.74) is 0.762. The Morgan fingerprint density at radius 1 is 1.35 bits per heavy atom. The van der Waals surface area contributed by atoms with Gasteiger partial charge in [0.1, 0.15) is 5.76 Å². The van der Waals surface area contributed by atoms with Crippen molar-refractivity contribution in [2.24, 2.45) is 0 Å². The van der Waals surface area contributed by atoms with Crippen LogP contribution in [0, 0.1) is 5.82 Å². The number of rotatable bonds is 7. The number of hydrogen-bond acceptors (Lipinski definition) is 3. The number of halogens is 1. The van der Waals surface area contributed by atoms with Gasteiger partial charge in [0.15, 0.2) is 11.6 Å². The summed E-state index contributed by atoms with van der Waals surface area (Å²) < 4.78 is 24.2. The lowest BCUT2D eigenvalue weighted by atomic mass is 10.1. The van der Waals surface area contributed by atoms with E-state index in [0.717, 1.165) is 24.3 Å². The van der Waals surface area contributed by atoms with Gasteiger partial charge in [0.2, 0.25) is 0 Å². The van der Waals surface area contributed by atoms with Crippen LogP contribution < -0.4 is 10.1 Å². The van der Waals surface area contributed by atoms with Gasteiger partial charge in [-0.15, -0.1) is 0 Å². The van der Waals surface area contributed by atoms with Gasteiger partial charge in [-0.1, -0.05) is 0 Å². The van der Waals surface area contributed by atoms with E-state index >= 15 is 0 Å². The van der Waals surface area contributed by atoms with Crippen molar-refractivity contribution in [1.82, 2.24) is 0 Å². The fourth-order valence-electron chi connectivity index (χ4n) is 2.03. The van der Waals surface area contributed by atoms with Gasteiger partial charge in [-0.3, -0.25) is 0 Å². The average Bonchev–Trinajstić information content (AvgIpc) is 2.93. The molecule has 0 radical (unpaired) electrons. The lowest BCUT2D eigenvalue weighted by Gasteiger charge is -2.15. The molecule has 2 rings (SSSR count). The molecule has 1 aromatic carbocycles. The summed E-state index contributed by atoms with van der Waals surface area (Å²) in [4.78, 5) is 0. The van der Waals surface area contributed by atoms with E-state index in [0.29, 0.717) is 12.4 Å². The third-order valence-electron chi connectivity index (χ3n) is 3.05. The first kappa shape index (κ1) is 14.4. The Labute approximate surface area is 118 Å². The zero-order valence-corrected chi connectivity index (χ0v) is 11.9. The zero-order chi connectivity index (χ0) is 14.4. The molecule has 0 saturated carbocycles. The number of anilines is 1. The number of nitrogens with one attached hydrogen (secondary N) is 1. The smallest absolute Gasteiger partial charge is 0.167 e. The van der Waals surface area contributed by atoms with E-state index in [2.05, 4.69) is 12.2 Å². The Bertz CT molecular complexity index is 525. The Kier molecular flexibility index (Phi) is 5.04. The van der Waals surface area contributed by atoms with Gasteiger partial charge in [-0.25, -0.2) is 4.39 Å². The fraction of sp³-hybridized carbons (Fsp3) is 0.375. The van der Waals surface area contributed by atoms with Gasteiger partial charge in [-0.2, -0.15) is 0 Å². The molecule has 1 N–H and O–H groups in total. The van der Waals surface area contributed by atoms with Crippen molar-refractivity contribution in [2.45, 2.75) is 32.7 Å². The first-order valence-corrected chi connectivity index (χ1v) is 6.90. The van der Waals surface area contributed by atoms with Gasteiger partial charge in [0, 0.05) is 24.2 Å². The molecule has 1 aromatic heterocycles. The van der Waals surface area contributed by atoms with Crippen molar-refractivity contribution in [2.75, 3.05) is 11.9 Å². The minimum absolute atomic E-state index is 0.234. The molecule has 1 atom stereocenters. The van der Waals surface area contributed by atoms with Gasteiger partial charge in [-0.05, 0) is 44.5 Å². The molecule has 0 aliphatic carbocycles. The molecule has 0 aliphatic heterocycles. The van der Waals surface area contributed by atoms with Crippen LogP contribution in [-0.4, -0.2) is 12.6 Å². The minimum Gasteiger partial charge on any atom is -0.491 e. The number of ether oxygens (including phenoxy) is 1. The van der Waals surface area contributed by atoms with Crippen LogP contribution >= 0.6 is 0 Å². The number of aryl methyl sites for hydroxylation is 1. The van der Waals surface area contributed by atoms with Crippen molar-refractivity contribution >= 4 is 5.69 Å². The van der Waals surface area contributed by atoms with Crippen molar-refractivity contribution < 1.29 is 13.5 Å². The highest BCUT2D eigenvalue weighted by Crippen LogP contribution is 2.22. The highest BCUT2D eigenvalue weighted by Gasteiger charge is 2.07. The second-order valence-electron chi connectivity index (χ2n) is 4.74. The Balaban J connectivity index is 1.87. The summed E-state index contributed by atoms with van der Waals surface area (Å²) in [6.07, 6.45) is 3.46. The molecule has 1 unspecified atom stereocenters. The summed E-state index contributed by atoms with van der Waals surface area (Å²) in [6.45, 7) is 4.36. The van der Waals surface area contributed by atoms with E-state index in [9.17, 15) is 4.39 Å².